The average Bonchev–Trinajstić information content (AvgIpc) is 3.24. The maximum atomic E-state index is 12.5. The van der Waals surface area contributed by atoms with Crippen LogP contribution < -0.4 is 0 Å². The minimum absolute atomic E-state index is 0.0104. The summed E-state index contributed by atoms with van der Waals surface area (Å²) in [5, 5.41) is 0. The molecular formula is C16H19NO4S. The van der Waals surface area contributed by atoms with E-state index in [9.17, 15) is 9.59 Å². The number of nitrogens with zero attached hydrogens (tertiary/aromatic N) is 1. The molecule has 2 fully saturated rings. The molecule has 2 saturated heterocycles. The van der Waals surface area contributed by atoms with E-state index in [1.54, 1.807) is 28.8 Å². The van der Waals surface area contributed by atoms with Gasteiger partial charge in [-0.15, -0.1) is 11.8 Å². The lowest BCUT2D eigenvalue weighted by molar-refractivity contribution is -0.150. The van der Waals surface area contributed by atoms with Crippen LogP contribution in [-0.2, 0) is 14.3 Å². The molecule has 118 valence electrons. The zero-order valence-corrected chi connectivity index (χ0v) is 13.1. The number of esters is 1. The molecule has 0 bridgehead atoms. The molecule has 2 aliphatic heterocycles. The Morgan fingerprint density at radius 2 is 2.14 bits per heavy atom. The lowest BCUT2D eigenvalue weighted by Crippen LogP contribution is -2.43. The number of carbonyl (C=O) groups excluding carboxylic acids is 2. The van der Waals surface area contributed by atoms with Crippen molar-refractivity contribution in [3.63, 3.8) is 0 Å². The van der Waals surface area contributed by atoms with Crippen LogP contribution >= 0.6 is 11.8 Å². The molecule has 2 heterocycles. The summed E-state index contributed by atoms with van der Waals surface area (Å²) in [6.07, 6.45) is 1.95. The summed E-state index contributed by atoms with van der Waals surface area (Å²) in [6.45, 7) is 1.02. The lowest BCUT2D eigenvalue weighted by atomic mass is 10.2. The first-order valence-corrected chi connectivity index (χ1v) is 8.63. The molecule has 0 N–H and O–H groups in total. The van der Waals surface area contributed by atoms with Gasteiger partial charge in [0.15, 0.2) is 0 Å². The number of ether oxygens (including phenoxy) is 2. The second-order valence-electron chi connectivity index (χ2n) is 5.42. The van der Waals surface area contributed by atoms with E-state index in [0.717, 1.165) is 19.4 Å². The normalized spacial score (nSPS) is 24.5. The largest absolute Gasteiger partial charge is 0.461 e. The predicted octanol–water partition coefficient (Wildman–Crippen LogP) is 1.92. The van der Waals surface area contributed by atoms with Gasteiger partial charge in [-0.1, -0.05) is 18.2 Å². The lowest BCUT2D eigenvalue weighted by Gasteiger charge is -2.23. The van der Waals surface area contributed by atoms with Crippen molar-refractivity contribution in [2.45, 2.75) is 25.0 Å². The first-order chi connectivity index (χ1) is 10.8. The molecule has 0 spiro atoms. The second-order valence-corrected chi connectivity index (χ2v) is 6.42. The van der Waals surface area contributed by atoms with Crippen LogP contribution in [0.5, 0.6) is 0 Å². The minimum Gasteiger partial charge on any atom is -0.461 e. The summed E-state index contributed by atoms with van der Waals surface area (Å²) in [5.74, 6) is 0.658. The quantitative estimate of drug-likeness (QED) is 0.793. The van der Waals surface area contributed by atoms with E-state index in [1.165, 1.54) is 0 Å². The Bertz CT molecular complexity index is 530. The fourth-order valence-electron chi connectivity index (χ4n) is 2.63. The van der Waals surface area contributed by atoms with Crippen molar-refractivity contribution in [2.75, 3.05) is 24.8 Å². The van der Waals surface area contributed by atoms with Gasteiger partial charge < -0.3 is 14.4 Å². The third-order valence-electron chi connectivity index (χ3n) is 3.87. The van der Waals surface area contributed by atoms with Crippen LogP contribution in [-0.4, -0.2) is 53.8 Å². The Balaban J connectivity index is 1.60. The highest BCUT2D eigenvalue weighted by molar-refractivity contribution is 7.99. The molecule has 2 aliphatic rings. The Morgan fingerprint density at radius 3 is 2.86 bits per heavy atom. The average molecular weight is 321 g/mol. The molecule has 0 saturated carbocycles. The smallest absolute Gasteiger partial charge is 0.329 e. The van der Waals surface area contributed by atoms with E-state index >= 15 is 0 Å². The van der Waals surface area contributed by atoms with Crippen molar-refractivity contribution >= 4 is 23.6 Å². The monoisotopic (exact) mass is 321 g/mol. The molecule has 5 nitrogen and oxygen atoms in total. The predicted molar refractivity (Wildman–Crippen MR) is 83.7 cm³/mol. The van der Waals surface area contributed by atoms with E-state index in [1.807, 2.05) is 18.2 Å². The number of carbonyl (C=O) groups is 2. The molecule has 0 radical (unpaired) electrons. The zero-order valence-electron chi connectivity index (χ0n) is 12.3. The van der Waals surface area contributed by atoms with Crippen molar-refractivity contribution in [1.29, 1.82) is 0 Å². The highest BCUT2D eigenvalue weighted by Crippen LogP contribution is 2.24. The van der Waals surface area contributed by atoms with E-state index in [2.05, 4.69) is 0 Å². The van der Waals surface area contributed by atoms with Crippen molar-refractivity contribution in [2.24, 2.45) is 0 Å². The van der Waals surface area contributed by atoms with E-state index in [4.69, 9.17) is 9.47 Å². The highest BCUT2D eigenvalue weighted by Gasteiger charge is 2.36. The van der Waals surface area contributed by atoms with Crippen LogP contribution in [0.4, 0.5) is 0 Å². The molecule has 0 unspecified atom stereocenters. The highest BCUT2D eigenvalue weighted by atomic mass is 32.2. The van der Waals surface area contributed by atoms with Gasteiger partial charge in [0, 0.05) is 17.9 Å². The molecule has 0 aromatic heterocycles. The van der Waals surface area contributed by atoms with Crippen LogP contribution in [0.2, 0.25) is 0 Å². The standard InChI is InChI=1S/C16H19NO4S/c18-15(12-5-2-1-3-6-12)17-11-22-10-14(17)16(19)21-9-13-7-4-8-20-13/h1-3,5-6,13-14H,4,7-11H2/t13-,14+/m0/s1. The summed E-state index contributed by atoms with van der Waals surface area (Å²) in [7, 11) is 0. The summed E-state index contributed by atoms with van der Waals surface area (Å²) >= 11 is 1.57. The SMILES string of the molecule is O=C(OC[C@@H]1CCCO1)[C@H]1CSCN1C(=O)c1ccccc1. The van der Waals surface area contributed by atoms with Gasteiger partial charge >= 0.3 is 5.97 Å². The Kier molecular flexibility index (Phi) is 5.00. The Morgan fingerprint density at radius 1 is 1.32 bits per heavy atom. The van der Waals surface area contributed by atoms with Crippen molar-refractivity contribution < 1.29 is 19.1 Å². The van der Waals surface area contributed by atoms with Gasteiger partial charge in [0.2, 0.25) is 0 Å². The molecule has 1 amide bonds. The van der Waals surface area contributed by atoms with E-state index < -0.39 is 6.04 Å². The van der Waals surface area contributed by atoms with Crippen molar-refractivity contribution in [3.05, 3.63) is 35.9 Å². The number of rotatable bonds is 4. The Hall–Kier alpha value is -1.53. The van der Waals surface area contributed by atoms with Gasteiger partial charge in [0.05, 0.1) is 12.0 Å². The summed E-state index contributed by atoms with van der Waals surface area (Å²) in [4.78, 5) is 26.4. The van der Waals surface area contributed by atoms with Gasteiger partial charge in [-0.05, 0) is 25.0 Å². The number of hydrogen-bond acceptors (Lipinski definition) is 5. The zero-order chi connectivity index (χ0) is 15.4. The Labute approximate surface area is 134 Å². The molecule has 1 aromatic rings. The third-order valence-corrected chi connectivity index (χ3v) is 4.88. The second kappa shape index (κ2) is 7.15. The van der Waals surface area contributed by atoms with E-state index in [0.29, 0.717) is 17.2 Å². The van der Waals surface area contributed by atoms with Crippen molar-refractivity contribution in [3.8, 4) is 0 Å². The molecule has 3 rings (SSSR count). The van der Waals surface area contributed by atoms with Crippen LogP contribution in [0.1, 0.15) is 23.2 Å². The van der Waals surface area contributed by atoms with Gasteiger partial charge in [0.25, 0.3) is 5.91 Å². The maximum absolute atomic E-state index is 12.5. The maximum Gasteiger partial charge on any atom is 0.329 e. The molecular weight excluding hydrogens is 302 g/mol. The van der Waals surface area contributed by atoms with Crippen LogP contribution in [0.15, 0.2) is 30.3 Å². The topological polar surface area (TPSA) is 55.8 Å². The molecule has 6 heteroatoms. The van der Waals surface area contributed by atoms with Gasteiger partial charge in [-0.2, -0.15) is 0 Å². The molecule has 2 atom stereocenters. The first kappa shape index (κ1) is 15.4. The summed E-state index contributed by atoms with van der Waals surface area (Å²) in [5.41, 5.74) is 0.599. The fraction of sp³-hybridized carbons (Fsp3) is 0.500. The van der Waals surface area contributed by atoms with Crippen molar-refractivity contribution in [1.82, 2.24) is 4.90 Å². The van der Waals surface area contributed by atoms with E-state index in [-0.39, 0.29) is 24.6 Å². The first-order valence-electron chi connectivity index (χ1n) is 7.47. The van der Waals surface area contributed by atoms with Gasteiger partial charge in [-0.3, -0.25) is 4.79 Å². The minimum atomic E-state index is -0.501. The summed E-state index contributed by atoms with van der Waals surface area (Å²) < 4.78 is 10.8. The molecule has 1 aromatic carbocycles. The molecule has 22 heavy (non-hydrogen) atoms. The third kappa shape index (κ3) is 3.44. The van der Waals surface area contributed by atoms with Crippen LogP contribution in [0.3, 0.4) is 0 Å². The van der Waals surface area contributed by atoms with Crippen LogP contribution in [0, 0.1) is 0 Å². The molecule has 0 aliphatic carbocycles. The van der Waals surface area contributed by atoms with Gasteiger partial charge in [0.1, 0.15) is 12.6 Å². The van der Waals surface area contributed by atoms with Gasteiger partial charge in [-0.25, -0.2) is 4.79 Å². The fourth-order valence-corrected chi connectivity index (χ4v) is 3.77. The number of amides is 1. The number of hydrogen-bond donors (Lipinski definition) is 0. The number of benzene rings is 1. The number of thioether (sulfide) groups is 1. The van der Waals surface area contributed by atoms with Crippen LogP contribution in [0.25, 0.3) is 0 Å². The summed E-state index contributed by atoms with van der Waals surface area (Å²) in [6, 6.07) is 8.53.